The lowest BCUT2D eigenvalue weighted by molar-refractivity contribution is 0.208. The Labute approximate surface area is 170 Å². The summed E-state index contributed by atoms with van der Waals surface area (Å²) in [5.41, 5.74) is 10.9. The number of hydrogen-bond donors (Lipinski definition) is 2. The minimum absolute atomic E-state index is 0.506. The van der Waals surface area contributed by atoms with Gasteiger partial charge in [-0.1, -0.05) is 29.4 Å². The molecule has 1 aliphatic heterocycles. The fourth-order valence-corrected chi connectivity index (χ4v) is 3.70. The Hall–Kier alpha value is -2.77. The van der Waals surface area contributed by atoms with E-state index < -0.39 is 0 Å². The Morgan fingerprint density at radius 3 is 2.55 bits per heavy atom. The van der Waals surface area contributed by atoms with Gasteiger partial charge >= 0.3 is 0 Å². The zero-order valence-corrected chi connectivity index (χ0v) is 16.9. The molecule has 2 aromatic heterocycles. The summed E-state index contributed by atoms with van der Waals surface area (Å²) in [6, 6.07) is 8.05. The van der Waals surface area contributed by atoms with E-state index in [2.05, 4.69) is 10.5 Å². The minimum Gasteiger partial charge on any atom is -0.476 e. The maximum Gasteiger partial charge on any atom is 0.232 e. The summed E-state index contributed by atoms with van der Waals surface area (Å²) in [6.45, 7) is 7.05. The van der Waals surface area contributed by atoms with Crippen molar-refractivity contribution in [2.45, 2.75) is 33.2 Å². The van der Waals surface area contributed by atoms with Crippen LogP contribution in [0.2, 0.25) is 0 Å². The SMILES string of the molecule is Cc1noc(C)c1-c1nc(OCC2CCNCC2)cnc1-c1ccc(CN)cc1. The van der Waals surface area contributed by atoms with Gasteiger partial charge in [0.15, 0.2) is 0 Å². The van der Waals surface area contributed by atoms with Gasteiger partial charge in [0.25, 0.3) is 0 Å². The highest BCUT2D eigenvalue weighted by Crippen LogP contribution is 2.34. The minimum atomic E-state index is 0.506. The second kappa shape index (κ2) is 8.71. The molecule has 0 unspecified atom stereocenters. The van der Waals surface area contributed by atoms with Crippen LogP contribution in [0, 0.1) is 19.8 Å². The van der Waals surface area contributed by atoms with Gasteiger partial charge in [0.1, 0.15) is 11.5 Å². The molecule has 0 bridgehead atoms. The predicted molar refractivity (Wildman–Crippen MR) is 111 cm³/mol. The van der Waals surface area contributed by atoms with E-state index >= 15 is 0 Å². The van der Waals surface area contributed by atoms with Gasteiger partial charge in [0.2, 0.25) is 5.88 Å². The summed E-state index contributed by atoms with van der Waals surface area (Å²) in [5.74, 6) is 1.79. The maximum atomic E-state index is 6.02. The summed E-state index contributed by atoms with van der Waals surface area (Å²) >= 11 is 0. The van der Waals surface area contributed by atoms with Crippen molar-refractivity contribution in [1.29, 1.82) is 0 Å². The van der Waals surface area contributed by atoms with Crippen molar-refractivity contribution in [1.82, 2.24) is 20.4 Å². The number of nitrogens with zero attached hydrogens (tertiary/aromatic N) is 3. The van der Waals surface area contributed by atoms with Gasteiger partial charge < -0.3 is 20.3 Å². The summed E-state index contributed by atoms with van der Waals surface area (Å²) < 4.78 is 11.4. The van der Waals surface area contributed by atoms with Gasteiger partial charge in [0.05, 0.1) is 29.8 Å². The monoisotopic (exact) mass is 393 g/mol. The first kappa shape index (κ1) is 19.5. The van der Waals surface area contributed by atoms with Crippen LogP contribution >= 0.6 is 0 Å². The van der Waals surface area contributed by atoms with Gasteiger partial charge in [0, 0.05) is 12.1 Å². The molecular formula is C22H27N5O2. The highest BCUT2D eigenvalue weighted by Gasteiger charge is 2.21. The molecule has 4 rings (SSSR count). The van der Waals surface area contributed by atoms with Crippen LogP contribution in [-0.2, 0) is 6.54 Å². The lowest BCUT2D eigenvalue weighted by Gasteiger charge is -2.22. The number of aryl methyl sites for hydroxylation is 2. The second-order valence-corrected chi connectivity index (χ2v) is 7.51. The number of hydrogen-bond acceptors (Lipinski definition) is 7. The van der Waals surface area contributed by atoms with Crippen LogP contribution in [0.15, 0.2) is 35.0 Å². The number of ether oxygens (including phenoxy) is 1. The molecule has 1 aromatic carbocycles. The van der Waals surface area contributed by atoms with E-state index in [4.69, 9.17) is 25.0 Å². The molecule has 7 heteroatoms. The van der Waals surface area contributed by atoms with E-state index in [1.165, 1.54) is 0 Å². The first-order valence-corrected chi connectivity index (χ1v) is 10.1. The molecule has 0 atom stereocenters. The fourth-order valence-electron chi connectivity index (χ4n) is 3.70. The molecule has 1 saturated heterocycles. The maximum absolute atomic E-state index is 6.02. The number of rotatable bonds is 6. The molecule has 3 aromatic rings. The summed E-state index contributed by atoms with van der Waals surface area (Å²) in [7, 11) is 0. The summed E-state index contributed by atoms with van der Waals surface area (Å²) in [6.07, 6.45) is 3.94. The Morgan fingerprint density at radius 1 is 1.14 bits per heavy atom. The van der Waals surface area contributed by atoms with Crippen LogP contribution in [-0.4, -0.2) is 34.8 Å². The second-order valence-electron chi connectivity index (χ2n) is 7.51. The average molecular weight is 393 g/mol. The number of aromatic nitrogens is 3. The standard InChI is InChI=1S/C22H27N5O2/c1-14-20(15(2)29-27-14)22-21(18-5-3-16(11-23)4-6-18)25-12-19(26-22)28-13-17-7-9-24-10-8-17/h3-6,12,17,24H,7-11,13,23H2,1-2H3. The molecule has 29 heavy (non-hydrogen) atoms. The van der Waals surface area contributed by atoms with E-state index in [-0.39, 0.29) is 0 Å². The molecule has 1 aliphatic rings. The molecule has 3 heterocycles. The van der Waals surface area contributed by atoms with Crippen molar-refractivity contribution in [3.63, 3.8) is 0 Å². The van der Waals surface area contributed by atoms with E-state index in [9.17, 15) is 0 Å². The molecule has 0 radical (unpaired) electrons. The quantitative estimate of drug-likeness (QED) is 0.663. The van der Waals surface area contributed by atoms with Crippen molar-refractivity contribution in [3.8, 4) is 28.4 Å². The third-order valence-corrected chi connectivity index (χ3v) is 5.41. The fraction of sp³-hybridized carbons (Fsp3) is 0.409. The van der Waals surface area contributed by atoms with Gasteiger partial charge in [-0.15, -0.1) is 0 Å². The molecule has 0 saturated carbocycles. The van der Waals surface area contributed by atoms with Crippen LogP contribution in [0.5, 0.6) is 5.88 Å². The van der Waals surface area contributed by atoms with Crippen molar-refractivity contribution >= 4 is 0 Å². The number of nitrogens with two attached hydrogens (primary N) is 1. The van der Waals surface area contributed by atoms with Gasteiger partial charge in [-0.3, -0.25) is 0 Å². The average Bonchev–Trinajstić information content (AvgIpc) is 3.11. The number of piperidine rings is 1. The topological polar surface area (TPSA) is 99.1 Å². The Bertz CT molecular complexity index is 942. The van der Waals surface area contributed by atoms with Crippen LogP contribution in [0.3, 0.4) is 0 Å². The third kappa shape index (κ3) is 4.31. The Balaban J connectivity index is 1.68. The third-order valence-electron chi connectivity index (χ3n) is 5.41. The molecule has 0 amide bonds. The van der Waals surface area contributed by atoms with E-state index in [1.807, 2.05) is 38.1 Å². The number of nitrogens with one attached hydrogen (secondary N) is 1. The van der Waals surface area contributed by atoms with Crippen LogP contribution in [0.4, 0.5) is 0 Å². The molecule has 0 aliphatic carbocycles. The predicted octanol–water partition coefficient (Wildman–Crippen LogP) is 3.25. The summed E-state index contributed by atoms with van der Waals surface area (Å²) in [5, 5.41) is 7.47. The van der Waals surface area contributed by atoms with E-state index in [0.717, 1.165) is 59.7 Å². The normalized spacial score (nSPS) is 14.9. The largest absolute Gasteiger partial charge is 0.476 e. The highest BCUT2D eigenvalue weighted by molar-refractivity contribution is 5.80. The lowest BCUT2D eigenvalue weighted by atomic mass is 9.99. The lowest BCUT2D eigenvalue weighted by Crippen LogP contribution is -2.30. The molecule has 1 fully saturated rings. The van der Waals surface area contributed by atoms with E-state index in [1.54, 1.807) is 6.20 Å². The molecule has 3 N–H and O–H groups in total. The van der Waals surface area contributed by atoms with Crippen molar-refractivity contribution in [2.75, 3.05) is 19.7 Å². The molecular weight excluding hydrogens is 366 g/mol. The molecule has 152 valence electrons. The van der Waals surface area contributed by atoms with Gasteiger partial charge in [-0.25, -0.2) is 9.97 Å². The zero-order chi connectivity index (χ0) is 20.2. The van der Waals surface area contributed by atoms with Crippen molar-refractivity contribution in [2.24, 2.45) is 11.7 Å². The Morgan fingerprint density at radius 2 is 1.90 bits per heavy atom. The number of benzene rings is 1. The highest BCUT2D eigenvalue weighted by atomic mass is 16.5. The van der Waals surface area contributed by atoms with Crippen LogP contribution in [0.25, 0.3) is 22.5 Å². The molecule has 7 nitrogen and oxygen atoms in total. The van der Waals surface area contributed by atoms with E-state index in [0.29, 0.717) is 30.7 Å². The zero-order valence-electron chi connectivity index (χ0n) is 16.9. The summed E-state index contributed by atoms with van der Waals surface area (Å²) in [4.78, 5) is 9.52. The van der Waals surface area contributed by atoms with Crippen molar-refractivity contribution < 1.29 is 9.26 Å². The smallest absolute Gasteiger partial charge is 0.232 e. The van der Waals surface area contributed by atoms with Gasteiger partial charge in [-0.05, 0) is 51.3 Å². The molecule has 0 spiro atoms. The van der Waals surface area contributed by atoms with Crippen LogP contribution < -0.4 is 15.8 Å². The first-order chi connectivity index (χ1) is 14.2. The Kier molecular flexibility index (Phi) is 5.87. The van der Waals surface area contributed by atoms with Gasteiger partial charge in [-0.2, -0.15) is 0 Å². The van der Waals surface area contributed by atoms with Crippen molar-refractivity contribution in [3.05, 3.63) is 47.5 Å². The first-order valence-electron chi connectivity index (χ1n) is 10.1. The van der Waals surface area contributed by atoms with Crippen LogP contribution in [0.1, 0.15) is 29.9 Å².